The summed E-state index contributed by atoms with van der Waals surface area (Å²) in [5.74, 6) is 2.47. The van der Waals surface area contributed by atoms with Gasteiger partial charge in [-0.05, 0) is 60.1 Å². The van der Waals surface area contributed by atoms with E-state index in [-0.39, 0.29) is 0 Å². The molecule has 3 aliphatic carbocycles. The summed E-state index contributed by atoms with van der Waals surface area (Å²) in [5.41, 5.74) is 4.00. The summed E-state index contributed by atoms with van der Waals surface area (Å²) in [4.78, 5) is 9.36. The Labute approximate surface area is 137 Å². The highest BCUT2D eigenvalue weighted by Crippen LogP contribution is 2.63. The topological polar surface area (TPSA) is 25.8 Å². The molecule has 0 aliphatic heterocycles. The van der Waals surface area contributed by atoms with Gasteiger partial charge in [-0.25, -0.2) is 0 Å². The van der Waals surface area contributed by atoms with E-state index >= 15 is 0 Å². The quantitative estimate of drug-likeness (QED) is 0.568. The van der Waals surface area contributed by atoms with Gasteiger partial charge in [-0.15, -0.1) is 0 Å². The van der Waals surface area contributed by atoms with Crippen LogP contribution in [-0.2, 0) is 0 Å². The van der Waals surface area contributed by atoms with E-state index in [1.165, 1.54) is 35.6 Å². The van der Waals surface area contributed by atoms with Gasteiger partial charge in [0.05, 0.1) is 11.0 Å². The lowest BCUT2D eigenvalue weighted by atomic mass is 9.45. The zero-order valence-corrected chi connectivity index (χ0v) is 13.8. The van der Waals surface area contributed by atoms with Crippen LogP contribution in [0.5, 0.6) is 0 Å². The third-order valence-electron chi connectivity index (χ3n) is 6.73. The lowest BCUT2D eigenvalue weighted by Gasteiger charge is -2.60. The minimum absolute atomic E-state index is 0.517. The maximum atomic E-state index is 4.82. The second-order valence-corrected chi connectivity index (χ2v) is 8.03. The Morgan fingerprint density at radius 2 is 1.83 bits per heavy atom. The van der Waals surface area contributed by atoms with Gasteiger partial charge in [-0.2, -0.15) is 0 Å². The van der Waals surface area contributed by atoms with Gasteiger partial charge in [-0.1, -0.05) is 32.0 Å². The number of aromatic nitrogens is 2. The molecule has 3 aliphatic rings. The summed E-state index contributed by atoms with van der Waals surface area (Å²) >= 11 is 0. The number of hydrogen-bond acceptors (Lipinski definition) is 2. The van der Waals surface area contributed by atoms with E-state index in [4.69, 9.17) is 4.98 Å². The first-order chi connectivity index (χ1) is 11.1. The van der Waals surface area contributed by atoms with Gasteiger partial charge in [-0.3, -0.25) is 9.97 Å². The normalized spacial score (nSPS) is 28.7. The van der Waals surface area contributed by atoms with Crippen molar-refractivity contribution in [2.24, 2.45) is 17.3 Å². The van der Waals surface area contributed by atoms with Crippen molar-refractivity contribution in [1.29, 1.82) is 0 Å². The van der Waals surface area contributed by atoms with Crippen LogP contribution in [0.3, 0.4) is 0 Å². The van der Waals surface area contributed by atoms with E-state index in [0.717, 1.165) is 22.9 Å². The first kappa shape index (κ1) is 13.5. The van der Waals surface area contributed by atoms with Crippen molar-refractivity contribution in [3.63, 3.8) is 0 Å². The van der Waals surface area contributed by atoms with Crippen molar-refractivity contribution >= 4 is 21.8 Å². The summed E-state index contributed by atoms with van der Waals surface area (Å²) in [6.45, 7) is 4.92. The van der Waals surface area contributed by atoms with Crippen molar-refractivity contribution in [3.05, 3.63) is 48.3 Å². The molecule has 116 valence electrons. The Morgan fingerprint density at radius 1 is 1.00 bits per heavy atom. The molecule has 3 saturated carbocycles. The van der Waals surface area contributed by atoms with E-state index in [9.17, 15) is 0 Å². The Morgan fingerprint density at radius 3 is 2.65 bits per heavy atom. The molecule has 3 aromatic rings. The van der Waals surface area contributed by atoms with Crippen LogP contribution in [0.4, 0.5) is 0 Å². The Bertz CT molecular complexity index is 910. The van der Waals surface area contributed by atoms with Crippen molar-refractivity contribution in [3.8, 4) is 0 Å². The third-order valence-corrected chi connectivity index (χ3v) is 6.73. The highest BCUT2D eigenvalue weighted by molar-refractivity contribution is 6.02. The van der Waals surface area contributed by atoms with Gasteiger partial charge < -0.3 is 0 Å². The average Bonchev–Trinajstić information content (AvgIpc) is 2.61. The van der Waals surface area contributed by atoms with E-state index in [1.54, 1.807) is 0 Å². The fraction of sp³-hybridized carbons (Fsp3) is 0.429. The minimum atomic E-state index is 0.517. The summed E-state index contributed by atoms with van der Waals surface area (Å²) in [5, 5.41) is 2.40. The predicted octanol–water partition coefficient (Wildman–Crippen LogP) is 5.32. The summed E-state index contributed by atoms with van der Waals surface area (Å²) in [6, 6.07) is 10.8. The van der Waals surface area contributed by atoms with Gasteiger partial charge in [0, 0.05) is 23.2 Å². The molecule has 3 fully saturated rings. The highest BCUT2D eigenvalue weighted by atomic mass is 14.7. The molecule has 2 heteroatoms. The van der Waals surface area contributed by atoms with Gasteiger partial charge in [0.15, 0.2) is 0 Å². The number of fused-ring (bicyclic) bond motifs is 5. The number of pyridine rings is 2. The molecule has 0 unspecified atom stereocenters. The standard InChI is InChI=1S/C21H22N2/c1-21(2)16-7-8-17(18(21)11-16)15-10-14-6-5-13-4-3-9-22-19(13)20(14)23-12-15/h3-6,9-10,12,16-18H,7-8,11H2,1-2H3/t16-,17+,18-/m0/s1. The van der Waals surface area contributed by atoms with Gasteiger partial charge >= 0.3 is 0 Å². The van der Waals surface area contributed by atoms with Crippen LogP contribution in [0.25, 0.3) is 21.8 Å². The minimum Gasteiger partial charge on any atom is -0.254 e. The van der Waals surface area contributed by atoms with E-state index in [2.05, 4.69) is 49.3 Å². The smallest absolute Gasteiger partial charge is 0.0964 e. The average molecular weight is 302 g/mol. The number of hydrogen-bond donors (Lipinski definition) is 0. The number of benzene rings is 1. The number of rotatable bonds is 1. The molecule has 6 rings (SSSR count). The first-order valence-electron chi connectivity index (χ1n) is 8.78. The van der Waals surface area contributed by atoms with E-state index < -0.39 is 0 Å². The van der Waals surface area contributed by atoms with Crippen molar-refractivity contribution in [1.82, 2.24) is 9.97 Å². The van der Waals surface area contributed by atoms with Gasteiger partial charge in [0.2, 0.25) is 0 Å². The van der Waals surface area contributed by atoms with E-state index in [0.29, 0.717) is 11.3 Å². The van der Waals surface area contributed by atoms with Crippen molar-refractivity contribution < 1.29 is 0 Å². The van der Waals surface area contributed by atoms with Crippen molar-refractivity contribution in [2.75, 3.05) is 0 Å². The van der Waals surface area contributed by atoms with Crippen LogP contribution in [0.1, 0.15) is 44.6 Å². The second kappa shape index (κ2) is 4.53. The molecule has 2 heterocycles. The predicted molar refractivity (Wildman–Crippen MR) is 94.4 cm³/mol. The van der Waals surface area contributed by atoms with Crippen LogP contribution < -0.4 is 0 Å². The molecular formula is C21H22N2. The zero-order valence-electron chi connectivity index (χ0n) is 13.8. The molecular weight excluding hydrogens is 280 g/mol. The fourth-order valence-corrected chi connectivity index (χ4v) is 5.17. The molecule has 0 radical (unpaired) electrons. The molecule has 0 saturated heterocycles. The van der Waals surface area contributed by atoms with E-state index in [1.807, 2.05) is 12.3 Å². The van der Waals surface area contributed by atoms with Gasteiger partial charge in [0.1, 0.15) is 0 Å². The third kappa shape index (κ3) is 1.81. The molecule has 0 N–H and O–H groups in total. The summed E-state index contributed by atoms with van der Waals surface area (Å²) in [6.07, 6.45) is 8.10. The summed E-state index contributed by atoms with van der Waals surface area (Å²) in [7, 11) is 0. The molecule has 2 aromatic heterocycles. The van der Waals surface area contributed by atoms with Crippen LogP contribution >= 0.6 is 0 Å². The summed E-state index contributed by atoms with van der Waals surface area (Å²) < 4.78 is 0. The molecule has 2 bridgehead atoms. The van der Waals surface area contributed by atoms with Crippen molar-refractivity contribution in [2.45, 2.75) is 39.0 Å². The largest absolute Gasteiger partial charge is 0.254 e. The lowest BCUT2D eigenvalue weighted by Crippen LogP contribution is -2.51. The zero-order chi connectivity index (χ0) is 15.6. The maximum Gasteiger partial charge on any atom is 0.0964 e. The Kier molecular flexibility index (Phi) is 2.66. The molecule has 3 atom stereocenters. The molecule has 0 spiro atoms. The monoisotopic (exact) mass is 302 g/mol. The molecule has 0 amide bonds. The van der Waals surface area contributed by atoms with Crippen LogP contribution in [0.15, 0.2) is 42.7 Å². The van der Waals surface area contributed by atoms with Crippen LogP contribution in [0.2, 0.25) is 0 Å². The number of nitrogens with zero attached hydrogens (tertiary/aromatic N) is 2. The maximum absolute atomic E-state index is 4.82. The van der Waals surface area contributed by atoms with Crippen LogP contribution in [0, 0.1) is 17.3 Å². The second-order valence-electron chi connectivity index (χ2n) is 8.03. The lowest BCUT2D eigenvalue weighted by molar-refractivity contribution is -0.0805. The SMILES string of the molecule is CC1(C)[C@H]2CC[C@H](c3cnc4c(ccc5cccnc54)c3)[C@@H]1C2. The fourth-order valence-electron chi connectivity index (χ4n) is 5.17. The highest BCUT2D eigenvalue weighted by Gasteiger charge is 2.54. The van der Waals surface area contributed by atoms with Crippen LogP contribution in [-0.4, -0.2) is 9.97 Å². The molecule has 23 heavy (non-hydrogen) atoms. The Balaban J connectivity index is 1.62. The Hall–Kier alpha value is -1.96. The first-order valence-corrected chi connectivity index (χ1v) is 8.78. The molecule has 2 nitrogen and oxygen atoms in total. The molecule has 1 aromatic carbocycles. The van der Waals surface area contributed by atoms with Gasteiger partial charge in [0.25, 0.3) is 0 Å².